The fourth-order valence-corrected chi connectivity index (χ4v) is 2.50. The van der Waals surface area contributed by atoms with Gasteiger partial charge in [0.1, 0.15) is 0 Å². The van der Waals surface area contributed by atoms with Crippen molar-refractivity contribution in [2.75, 3.05) is 31.2 Å². The first-order valence-corrected chi connectivity index (χ1v) is 7.05. The predicted octanol–water partition coefficient (Wildman–Crippen LogP) is 1.30. The summed E-state index contributed by atoms with van der Waals surface area (Å²) in [5.41, 5.74) is 7.03. The monoisotopic (exact) mass is 277 g/mol. The zero-order valence-corrected chi connectivity index (χ0v) is 11.9. The van der Waals surface area contributed by atoms with Gasteiger partial charge in [-0.25, -0.2) is 0 Å². The molecule has 1 aromatic carbocycles. The van der Waals surface area contributed by atoms with Crippen LogP contribution in [0.5, 0.6) is 0 Å². The topological polar surface area (TPSA) is 78.6 Å². The zero-order valence-electron chi connectivity index (χ0n) is 11.9. The molecule has 5 heteroatoms. The molecule has 4 N–H and O–H groups in total. The van der Waals surface area contributed by atoms with Crippen LogP contribution in [0, 0.1) is 5.92 Å². The van der Waals surface area contributed by atoms with Gasteiger partial charge in [-0.15, -0.1) is 0 Å². The molecule has 0 radical (unpaired) electrons. The third-order valence-electron chi connectivity index (χ3n) is 3.74. The Hall–Kier alpha value is -1.59. The molecule has 20 heavy (non-hydrogen) atoms. The normalized spacial score (nSPS) is 21.6. The van der Waals surface area contributed by atoms with Gasteiger partial charge in [-0.2, -0.15) is 0 Å². The van der Waals surface area contributed by atoms with E-state index in [9.17, 15) is 9.90 Å². The third-order valence-corrected chi connectivity index (χ3v) is 3.74. The maximum atomic E-state index is 11.9. The highest BCUT2D eigenvalue weighted by Gasteiger charge is 2.27. The van der Waals surface area contributed by atoms with Crippen molar-refractivity contribution in [2.45, 2.75) is 25.4 Å². The summed E-state index contributed by atoms with van der Waals surface area (Å²) >= 11 is 0. The summed E-state index contributed by atoms with van der Waals surface area (Å²) in [6.07, 6.45) is 2.10. The summed E-state index contributed by atoms with van der Waals surface area (Å²) < 4.78 is 0. The van der Waals surface area contributed by atoms with E-state index in [1.165, 1.54) is 0 Å². The number of aliphatic hydroxyl groups excluding tert-OH is 1. The summed E-state index contributed by atoms with van der Waals surface area (Å²) in [5, 5.41) is 12.1. The molecule has 2 rings (SSSR count). The van der Waals surface area contributed by atoms with Crippen molar-refractivity contribution in [3.63, 3.8) is 0 Å². The molecule has 1 fully saturated rings. The van der Waals surface area contributed by atoms with E-state index in [0.29, 0.717) is 30.3 Å². The summed E-state index contributed by atoms with van der Waals surface area (Å²) in [6.45, 7) is 1.66. The van der Waals surface area contributed by atoms with Crippen LogP contribution >= 0.6 is 0 Å². The number of para-hydroxylation sites is 2. The van der Waals surface area contributed by atoms with Gasteiger partial charge in [0.2, 0.25) is 5.91 Å². The van der Waals surface area contributed by atoms with Gasteiger partial charge in [0.05, 0.1) is 17.5 Å². The number of hydrogen-bond acceptors (Lipinski definition) is 4. The standard InChI is InChI=1S/C15H23N3O2/c1-18(10-11-8-12(19)9-11)7-6-15(20)17-14-5-3-2-4-13(14)16/h2-5,11-12,19H,6-10,16H2,1H3,(H,17,20). The van der Waals surface area contributed by atoms with Crippen LogP contribution in [-0.4, -0.2) is 42.2 Å². The second-order valence-corrected chi connectivity index (χ2v) is 5.64. The first-order chi connectivity index (χ1) is 9.54. The molecule has 0 unspecified atom stereocenters. The molecule has 0 aromatic heterocycles. The van der Waals surface area contributed by atoms with Gasteiger partial charge in [-0.1, -0.05) is 12.1 Å². The van der Waals surface area contributed by atoms with Gasteiger partial charge in [0.15, 0.2) is 0 Å². The van der Waals surface area contributed by atoms with Crippen molar-refractivity contribution in [3.8, 4) is 0 Å². The van der Waals surface area contributed by atoms with Crippen molar-refractivity contribution in [3.05, 3.63) is 24.3 Å². The minimum Gasteiger partial charge on any atom is -0.397 e. The molecular weight excluding hydrogens is 254 g/mol. The van der Waals surface area contributed by atoms with Crippen LogP contribution in [0.25, 0.3) is 0 Å². The summed E-state index contributed by atoms with van der Waals surface area (Å²) in [6, 6.07) is 7.25. The average molecular weight is 277 g/mol. The van der Waals surface area contributed by atoms with Crippen LogP contribution in [0.15, 0.2) is 24.3 Å². The van der Waals surface area contributed by atoms with E-state index >= 15 is 0 Å². The highest BCUT2D eigenvalue weighted by molar-refractivity contribution is 5.93. The molecule has 0 heterocycles. The second-order valence-electron chi connectivity index (χ2n) is 5.64. The minimum absolute atomic E-state index is 0.0246. The number of aliphatic hydroxyl groups is 1. The molecule has 110 valence electrons. The van der Waals surface area contributed by atoms with Crippen molar-refractivity contribution in [1.29, 1.82) is 0 Å². The fraction of sp³-hybridized carbons (Fsp3) is 0.533. The summed E-state index contributed by atoms with van der Waals surface area (Å²) in [5.74, 6) is 0.547. The maximum Gasteiger partial charge on any atom is 0.225 e. The Bertz CT molecular complexity index is 458. The number of rotatable bonds is 6. The van der Waals surface area contributed by atoms with E-state index < -0.39 is 0 Å². The zero-order chi connectivity index (χ0) is 14.5. The van der Waals surface area contributed by atoms with Gasteiger partial charge in [0.25, 0.3) is 0 Å². The van der Waals surface area contributed by atoms with Crippen molar-refractivity contribution >= 4 is 17.3 Å². The number of hydrogen-bond donors (Lipinski definition) is 3. The van der Waals surface area contributed by atoms with Crippen LogP contribution in [-0.2, 0) is 4.79 Å². The van der Waals surface area contributed by atoms with Crippen molar-refractivity contribution in [1.82, 2.24) is 4.90 Å². The number of nitrogen functional groups attached to an aromatic ring is 1. The van der Waals surface area contributed by atoms with Crippen LogP contribution in [0.1, 0.15) is 19.3 Å². The molecule has 0 aliphatic heterocycles. The van der Waals surface area contributed by atoms with E-state index in [-0.39, 0.29) is 12.0 Å². The second kappa shape index (κ2) is 6.72. The Morgan fingerprint density at radius 2 is 2.15 bits per heavy atom. The van der Waals surface area contributed by atoms with E-state index in [1.54, 1.807) is 12.1 Å². The number of amides is 1. The maximum absolute atomic E-state index is 11.9. The first-order valence-electron chi connectivity index (χ1n) is 7.05. The molecule has 0 bridgehead atoms. The predicted molar refractivity (Wildman–Crippen MR) is 80.3 cm³/mol. The van der Waals surface area contributed by atoms with E-state index in [0.717, 1.165) is 19.4 Å². The number of nitrogens with one attached hydrogen (secondary N) is 1. The molecule has 0 atom stereocenters. The Morgan fingerprint density at radius 1 is 1.45 bits per heavy atom. The minimum atomic E-state index is -0.113. The molecule has 1 aliphatic carbocycles. The Labute approximate surface area is 119 Å². The van der Waals surface area contributed by atoms with Crippen LogP contribution in [0.4, 0.5) is 11.4 Å². The molecule has 0 saturated heterocycles. The Balaban J connectivity index is 1.68. The van der Waals surface area contributed by atoms with E-state index in [4.69, 9.17) is 5.73 Å². The van der Waals surface area contributed by atoms with Gasteiger partial charge in [0, 0.05) is 19.5 Å². The highest BCUT2D eigenvalue weighted by atomic mass is 16.3. The van der Waals surface area contributed by atoms with E-state index in [2.05, 4.69) is 10.2 Å². The average Bonchev–Trinajstić information content (AvgIpc) is 2.37. The van der Waals surface area contributed by atoms with Crippen LogP contribution in [0.3, 0.4) is 0 Å². The molecule has 1 saturated carbocycles. The van der Waals surface area contributed by atoms with E-state index in [1.807, 2.05) is 19.2 Å². The smallest absolute Gasteiger partial charge is 0.225 e. The number of benzene rings is 1. The summed E-state index contributed by atoms with van der Waals surface area (Å²) in [4.78, 5) is 14.0. The van der Waals surface area contributed by atoms with Gasteiger partial charge < -0.3 is 21.1 Å². The molecular formula is C15H23N3O2. The molecule has 1 aromatic rings. The fourth-order valence-electron chi connectivity index (χ4n) is 2.50. The number of nitrogens with zero attached hydrogens (tertiary/aromatic N) is 1. The lowest BCUT2D eigenvalue weighted by atomic mass is 9.82. The number of nitrogens with two attached hydrogens (primary N) is 1. The third kappa shape index (κ3) is 4.21. The van der Waals surface area contributed by atoms with Crippen molar-refractivity contribution in [2.24, 2.45) is 5.92 Å². The molecule has 1 aliphatic rings. The Kier molecular flexibility index (Phi) is 4.98. The molecule has 5 nitrogen and oxygen atoms in total. The number of anilines is 2. The van der Waals surface area contributed by atoms with Gasteiger partial charge in [-0.05, 0) is 37.9 Å². The lowest BCUT2D eigenvalue weighted by Gasteiger charge is -2.34. The lowest BCUT2D eigenvalue weighted by molar-refractivity contribution is -0.116. The molecule has 0 spiro atoms. The Morgan fingerprint density at radius 3 is 2.80 bits per heavy atom. The SMILES string of the molecule is CN(CCC(=O)Nc1ccccc1N)CC1CC(O)C1. The highest BCUT2D eigenvalue weighted by Crippen LogP contribution is 2.27. The largest absolute Gasteiger partial charge is 0.397 e. The van der Waals surface area contributed by atoms with Crippen LogP contribution in [0.2, 0.25) is 0 Å². The van der Waals surface area contributed by atoms with Gasteiger partial charge >= 0.3 is 0 Å². The quantitative estimate of drug-likeness (QED) is 0.685. The lowest BCUT2D eigenvalue weighted by Crippen LogP contribution is -2.38. The number of carbonyl (C=O) groups is 1. The van der Waals surface area contributed by atoms with Crippen molar-refractivity contribution < 1.29 is 9.90 Å². The van der Waals surface area contributed by atoms with Gasteiger partial charge in [-0.3, -0.25) is 4.79 Å². The first kappa shape index (κ1) is 14.8. The number of carbonyl (C=O) groups excluding carboxylic acids is 1. The summed E-state index contributed by atoms with van der Waals surface area (Å²) in [7, 11) is 2.01. The van der Waals surface area contributed by atoms with Crippen LogP contribution < -0.4 is 11.1 Å². The molecule has 1 amide bonds.